The molecular weight excluding hydrogens is 262 g/mol. The fourth-order valence-electron chi connectivity index (χ4n) is 2.27. The Morgan fingerprint density at radius 2 is 2.16 bits per heavy atom. The van der Waals surface area contributed by atoms with Gasteiger partial charge in [-0.2, -0.15) is 4.31 Å². The molecule has 0 radical (unpaired) electrons. The summed E-state index contributed by atoms with van der Waals surface area (Å²) in [6, 6.07) is 1.70. The van der Waals surface area contributed by atoms with Gasteiger partial charge in [-0.05, 0) is 18.9 Å². The summed E-state index contributed by atoms with van der Waals surface area (Å²) < 4.78 is 28.5. The van der Waals surface area contributed by atoms with Gasteiger partial charge in [0, 0.05) is 38.1 Å². The summed E-state index contributed by atoms with van der Waals surface area (Å²) in [5.41, 5.74) is 6.54. The molecule has 1 aliphatic rings. The average molecular weight is 283 g/mol. The van der Waals surface area contributed by atoms with Gasteiger partial charge in [0.25, 0.3) is 0 Å². The van der Waals surface area contributed by atoms with Gasteiger partial charge in [-0.25, -0.2) is 8.42 Å². The van der Waals surface area contributed by atoms with Crippen molar-refractivity contribution in [2.24, 2.45) is 5.73 Å². The van der Waals surface area contributed by atoms with E-state index in [1.54, 1.807) is 12.3 Å². The molecule has 6 heteroatoms. The average Bonchev–Trinajstić information content (AvgIpc) is 2.84. The highest BCUT2D eigenvalue weighted by atomic mass is 32.2. The second kappa shape index (κ2) is 5.90. The first-order chi connectivity index (χ1) is 9.09. The third-order valence-corrected chi connectivity index (χ3v) is 5.12. The van der Waals surface area contributed by atoms with Crippen molar-refractivity contribution in [2.75, 3.05) is 13.1 Å². The Labute approximate surface area is 114 Å². The largest absolute Gasteiger partial charge is 0.349 e. The van der Waals surface area contributed by atoms with Gasteiger partial charge < -0.3 is 10.3 Å². The van der Waals surface area contributed by atoms with Crippen LogP contribution < -0.4 is 5.73 Å². The summed E-state index contributed by atoms with van der Waals surface area (Å²) in [6.07, 6.45) is 7.35. The molecule has 0 fully saturated rings. The predicted molar refractivity (Wildman–Crippen MR) is 75.1 cm³/mol. The SMILES string of the molecule is CCCn1cc(S(=O)(=O)N2CC=CCC2)cc1CN. The fourth-order valence-corrected chi connectivity index (χ4v) is 3.75. The fraction of sp³-hybridized carbons (Fsp3) is 0.538. The molecule has 0 aliphatic carbocycles. The highest BCUT2D eigenvalue weighted by Crippen LogP contribution is 2.21. The van der Waals surface area contributed by atoms with Gasteiger partial charge in [0.15, 0.2) is 0 Å². The van der Waals surface area contributed by atoms with Gasteiger partial charge in [-0.3, -0.25) is 0 Å². The normalized spacial score (nSPS) is 16.9. The van der Waals surface area contributed by atoms with Gasteiger partial charge in [-0.15, -0.1) is 0 Å². The molecule has 106 valence electrons. The van der Waals surface area contributed by atoms with Crippen LogP contribution in [0.3, 0.4) is 0 Å². The molecule has 0 unspecified atom stereocenters. The summed E-state index contributed by atoms with van der Waals surface area (Å²) in [6.45, 7) is 4.22. The van der Waals surface area contributed by atoms with Crippen molar-refractivity contribution < 1.29 is 8.42 Å². The van der Waals surface area contributed by atoms with Gasteiger partial charge in [0.2, 0.25) is 10.0 Å². The van der Waals surface area contributed by atoms with Gasteiger partial charge >= 0.3 is 0 Å². The van der Waals surface area contributed by atoms with Gasteiger partial charge in [-0.1, -0.05) is 19.1 Å². The van der Waals surface area contributed by atoms with E-state index in [1.807, 2.05) is 16.7 Å². The lowest BCUT2D eigenvalue weighted by molar-refractivity contribution is 0.437. The van der Waals surface area contributed by atoms with Crippen LogP contribution in [0.15, 0.2) is 29.3 Å². The first kappa shape index (κ1) is 14.3. The van der Waals surface area contributed by atoms with E-state index in [0.29, 0.717) is 24.5 Å². The summed E-state index contributed by atoms with van der Waals surface area (Å²) in [4.78, 5) is 0.358. The number of aryl methyl sites for hydroxylation is 1. The summed E-state index contributed by atoms with van der Waals surface area (Å²) >= 11 is 0. The Morgan fingerprint density at radius 1 is 1.37 bits per heavy atom. The summed E-state index contributed by atoms with van der Waals surface area (Å²) in [5, 5.41) is 0. The van der Waals surface area contributed by atoms with Crippen LogP contribution in [-0.4, -0.2) is 30.4 Å². The van der Waals surface area contributed by atoms with E-state index in [4.69, 9.17) is 5.73 Å². The van der Waals surface area contributed by atoms with Crippen molar-refractivity contribution in [1.82, 2.24) is 8.87 Å². The first-order valence-corrected chi connectivity index (χ1v) is 8.08. The van der Waals surface area contributed by atoms with Gasteiger partial charge in [0.1, 0.15) is 4.90 Å². The molecule has 5 nitrogen and oxygen atoms in total. The van der Waals surface area contributed by atoms with Crippen molar-refractivity contribution in [1.29, 1.82) is 0 Å². The maximum atomic E-state index is 12.5. The van der Waals surface area contributed by atoms with E-state index in [-0.39, 0.29) is 0 Å². The molecule has 0 aromatic carbocycles. The predicted octanol–water partition coefficient (Wildman–Crippen LogP) is 1.31. The van der Waals surface area contributed by atoms with Crippen LogP contribution in [0.5, 0.6) is 0 Å². The molecule has 1 aliphatic heterocycles. The van der Waals surface area contributed by atoms with Crippen molar-refractivity contribution in [3.63, 3.8) is 0 Å². The van der Waals surface area contributed by atoms with Crippen LogP contribution in [0.4, 0.5) is 0 Å². The lowest BCUT2D eigenvalue weighted by Crippen LogP contribution is -2.33. The van der Waals surface area contributed by atoms with Gasteiger partial charge in [0.05, 0.1) is 0 Å². The molecule has 1 aromatic rings. The molecule has 2 heterocycles. The summed E-state index contributed by atoms with van der Waals surface area (Å²) in [5.74, 6) is 0. The Hall–Kier alpha value is -1.11. The van der Waals surface area contributed by atoms with E-state index >= 15 is 0 Å². The standard InChI is InChI=1S/C13H21N3O2S/c1-2-6-15-11-13(9-12(15)10-14)19(17,18)16-7-4-3-5-8-16/h3-4,9,11H,2,5-8,10,14H2,1H3. The number of hydrogen-bond acceptors (Lipinski definition) is 3. The number of hydrogen-bond donors (Lipinski definition) is 1. The zero-order chi connectivity index (χ0) is 13.9. The zero-order valence-electron chi connectivity index (χ0n) is 11.2. The van der Waals surface area contributed by atoms with Crippen LogP contribution in [0.1, 0.15) is 25.5 Å². The number of sulfonamides is 1. The quantitative estimate of drug-likeness (QED) is 0.828. The Bertz CT molecular complexity index is 560. The lowest BCUT2D eigenvalue weighted by atomic mass is 10.3. The van der Waals surface area contributed by atoms with Crippen molar-refractivity contribution in [3.05, 3.63) is 30.1 Å². The Morgan fingerprint density at radius 3 is 2.74 bits per heavy atom. The highest BCUT2D eigenvalue weighted by Gasteiger charge is 2.26. The maximum Gasteiger partial charge on any atom is 0.244 e. The van der Waals surface area contributed by atoms with Crippen molar-refractivity contribution >= 4 is 10.0 Å². The molecule has 0 atom stereocenters. The topological polar surface area (TPSA) is 68.3 Å². The molecule has 2 rings (SSSR count). The molecule has 0 spiro atoms. The van der Waals surface area contributed by atoms with Crippen LogP contribution in [-0.2, 0) is 23.1 Å². The smallest absolute Gasteiger partial charge is 0.244 e. The monoisotopic (exact) mass is 283 g/mol. The third kappa shape index (κ3) is 2.91. The minimum atomic E-state index is -3.39. The molecule has 0 saturated heterocycles. The third-order valence-electron chi connectivity index (χ3n) is 3.29. The first-order valence-electron chi connectivity index (χ1n) is 6.64. The Kier molecular flexibility index (Phi) is 4.44. The lowest BCUT2D eigenvalue weighted by Gasteiger charge is -2.21. The highest BCUT2D eigenvalue weighted by molar-refractivity contribution is 7.89. The molecule has 19 heavy (non-hydrogen) atoms. The summed E-state index contributed by atoms with van der Waals surface area (Å²) in [7, 11) is -3.39. The number of aromatic nitrogens is 1. The molecule has 0 bridgehead atoms. The van der Waals surface area contributed by atoms with Crippen molar-refractivity contribution in [3.8, 4) is 0 Å². The molecule has 2 N–H and O–H groups in total. The number of rotatable bonds is 5. The van der Waals surface area contributed by atoms with Crippen LogP contribution in [0.25, 0.3) is 0 Å². The van der Waals surface area contributed by atoms with Crippen LogP contribution in [0.2, 0.25) is 0 Å². The number of nitrogens with zero attached hydrogens (tertiary/aromatic N) is 2. The van der Waals surface area contributed by atoms with E-state index in [2.05, 4.69) is 6.92 Å². The zero-order valence-corrected chi connectivity index (χ0v) is 12.1. The minimum absolute atomic E-state index is 0.357. The molecule has 1 aromatic heterocycles. The van der Waals surface area contributed by atoms with Crippen LogP contribution in [0, 0.1) is 0 Å². The maximum absolute atomic E-state index is 12.5. The molecular formula is C13H21N3O2S. The van der Waals surface area contributed by atoms with E-state index in [9.17, 15) is 8.42 Å². The van der Waals surface area contributed by atoms with E-state index in [1.165, 1.54) is 4.31 Å². The second-order valence-corrected chi connectivity index (χ2v) is 6.63. The van der Waals surface area contributed by atoms with Crippen molar-refractivity contribution in [2.45, 2.75) is 37.8 Å². The Balaban J connectivity index is 2.32. The molecule has 0 saturated carbocycles. The minimum Gasteiger partial charge on any atom is -0.349 e. The van der Waals surface area contributed by atoms with E-state index < -0.39 is 10.0 Å². The van der Waals surface area contributed by atoms with E-state index in [0.717, 1.165) is 25.1 Å². The van der Waals surface area contributed by atoms with Crippen LogP contribution >= 0.6 is 0 Å². The molecule has 0 amide bonds. The number of nitrogens with two attached hydrogens (primary N) is 1. The second-order valence-electron chi connectivity index (χ2n) is 4.69.